The molecule has 0 amide bonds. The highest BCUT2D eigenvalue weighted by molar-refractivity contribution is 7.72. The quantitative estimate of drug-likeness (QED) is 0.132. The van der Waals surface area contributed by atoms with E-state index in [-0.39, 0.29) is 0 Å². The molecule has 0 saturated heterocycles. The lowest BCUT2D eigenvalue weighted by Gasteiger charge is -2.30. The van der Waals surface area contributed by atoms with Gasteiger partial charge < -0.3 is 5.11 Å². The van der Waals surface area contributed by atoms with Crippen molar-refractivity contribution in [3.05, 3.63) is 223 Å². The van der Waals surface area contributed by atoms with E-state index in [4.69, 9.17) is 0 Å². The summed E-state index contributed by atoms with van der Waals surface area (Å²) in [6.45, 7) is 0. The average molecular weight is 719 g/mol. The summed E-state index contributed by atoms with van der Waals surface area (Å²) >= 11 is 0. The molecule has 0 atom stereocenters. The third-order valence-electron chi connectivity index (χ3n) is 9.77. The van der Waals surface area contributed by atoms with Gasteiger partial charge in [0.25, 0.3) is 0 Å². The summed E-state index contributed by atoms with van der Waals surface area (Å²) in [5.74, 6) is 0.347. The lowest BCUT2D eigenvalue weighted by Crippen LogP contribution is -2.16. The number of phenols is 1. The third-order valence-corrected chi connectivity index (χ3v) is 14.7. The van der Waals surface area contributed by atoms with Crippen LogP contribution in [0.2, 0.25) is 0 Å². The highest BCUT2D eigenvalue weighted by atomic mass is 31.1. The van der Waals surface area contributed by atoms with Crippen LogP contribution in [0.1, 0.15) is 11.1 Å². The predicted molar refractivity (Wildman–Crippen MR) is 230 cm³/mol. The summed E-state index contributed by atoms with van der Waals surface area (Å²) < 4.78 is 0. The van der Waals surface area contributed by atoms with Gasteiger partial charge in [-0.25, -0.2) is 0 Å². The van der Waals surface area contributed by atoms with Gasteiger partial charge >= 0.3 is 0 Å². The summed E-state index contributed by atoms with van der Waals surface area (Å²) in [7, 11) is -1.69. The van der Waals surface area contributed by atoms with Gasteiger partial charge in [-0.3, -0.25) is 0 Å². The molecule has 0 heterocycles. The molecule has 8 rings (SSSR count). The maximum Gasteiger partial charge on any atom is 0.131 e. The molecule has 53 heavy (non-hydrogen) atoms. The highest BCUT2D eigenvalue weighted by Gasteiger charge is 2.30. The van der Waals surface area contributed by atoms with E-state index in [2.05, 4.69) is 212 Å². The fourth-order valence-corrected chi connectivity index (χ4v) is 12.1. The number of benzene rings is 8. The Balaban J connectivity index is 1.49. The van der Waals surface area contributed by atoms with E-state index in [1.807, 2.05) is 0 Å². The SMILES string of the molecule is Oc1c(-c2ccccc2)c(CP(c2ccccc2)c2ccccc2)c(-c2ccccc2)c(CP(c2ccccc2)c2ccccc2)c1-c1ccccc1. The van der Waals surface area contributed by atoms with E-state index >= 15 is 0 Å². The molecule has 0 bridgehead atoms. The summed E-state index contributed by atoms with van der Waals surface area (Å²) in [6, 6.07) is 75.7. The molecule has 0 unspecified atom stereocenters. The average Bonchev–Trinajstić information content (AvgIpc) is 3.24. The van der Waals surface area contributed by atoms with E-state index in [0.29, 0.717) is 5.75 Å². The van der Waals surface area contributed by atoms with Crippen LogP contribution in [0.4, 0.5) is 0 Å². The Bertz CT molecular complexity index is 2140. The summed E-state index contributed by atoms with van der Waals surface area (Å²) in [5.41, 5.74) is 8.62. The molecule has 0 spiro atoms. The van der Waals surface area contributed by atoms with Crippen molar-refractivity contribution in [3.63, 3.8) is 0 Å². The summed E-state index contributed by atoms with van der Waals surface area (Å²) in [4.78, 5) is 0. The lowest BCUT2D eigenvalue weighted by atomic mass is 9.83. The molecule has 8 aromatic rings. The molecule has 256 valence electrons. The van der Waals surface area contributed by atoms with Gasteiger partial charge in [0, 0.05) is 23.5 Å². The Morgan fingerprint density at radius 1 is 0.283 bits per heavy atom. The van der Waals surface area contributed by atoms with Crippen LogP contribution in [-0.4, -0.2) is 5.11 Å². The first kappa shape index (κ1) is 34.5. The van der Waals surface area contributed by atoms with Gasteiger partial charge in [-0.05, 0) is 70.4 Å². The van der Waals surface area contributed by atoms with Crippen LogP contribution in [0.5, 0.6) is 5.75 Å². The molecule has 0 aromatic heterocycles. The minimum absolute atomic E-state index is 0.347. The van der Waals surface area contributed by atoms with Crippen LogP contribution in [-0.2, 0) is 12.3 Å². The van der Waals surface area contributed by atoms with Gasteiger partial charge in [0.15, 0.2) is 0 Å². The molecule has 0 fully saturated rings. The Labute approximate surface area is 315 Å². The zero-order valence-electron chi connectivity index (χ0n) is 29.5. The zero-order valence-corrected chi connectivity index (χ0v) is 31.3. The van der Waals surface area contributed by atoms with Crippen LogP contribution in [0.3, 0.4) is 0 Å². The molecule has 3 heteroatoms. The number of aromatic hydroxyl groups is 1. The predicted octanol–water partition coefficient (Wildman–Crippen LogP) is 11.7. The second-order valence-electron chi connectivity index (χ2n) is 13.0. The maximum absolute atomic E-state index is 13.1. The zero-order chi connectivity index (χ0) is 35.8. The van der Waals surface area contributed by atoms with Gasteiger partial charge in [0.2, 0.25) is 0 Å². The second kappa shape index (κ2) is 16.4. The molecule has 8 aromatic carbocycles. The van der Waals surface area contributed by atoms with Crippen molar-refractivity contribution in [1.29, 1.82) is 0 Å². The minimum Gasteiger partial charge on any atom is -0.507 e. The molecule has 0 aliphatic carbocycles. The van der Waals surface area contributed by atoms with Crippen molar-refractivity contribution in [2.45, 2.75) is 12.3 Å². The number of rotatable bonds is 11. The fraction of sp³-hybridized carbons (Fsp3) is 0.0400. The standard InChI is InChI=1S/C50H40OP2/c51-50-48(39-24-10-2-11-25-39)45(36-52(41-28-14-4-15-29-41)42-30-16-5-17-31-42)47(38-22-8-1-9-23-38)46(49(50)40-26-12-3-13-27-40)37-53(43-32-18-6-19-33-43)44-34-20-7-21-35-44/h1-35,51H,36-37H2. The number of phenolic OH excluding ortho intramolecular Hbond substituents is 1. The molecular weight excluding hydrogens is 678 g/mol. The fourth-order valence-electron chi connectivity index (χ4n) is 7.36. The summed E-state index contributed by atoms with van der Waals surface area (Å²) in [5, 5.41) is 18.3. The molecule has 0 aliphatic heterocycles. The lowest BCUT2D eigenvalue weighted by molar-refractivity contribution is 0.478. The van der Waals surface area contributed by atoms with Crippen molar-refractivity contribution in [3.8, 4) is 39.1 Å². The molecule has 0 saturated carbocycles. The number of hydrogen-bond acceptors (Lipinski definition) is 1. The van der Waals surface area contributed by atoms with E-state index in [1.54, 1.807) is 0 Å². The Hall–Kier alpha value is -5.58. The molecule has 0 aliphatic rings. The summed E-state index contributed by atoms with van der Waals surface area (Å²) in [6.07, 6.45) is 1.53. The van der Waals surface area contributed by atoms with Gasteiger partial charge in [0.05, 0.1) is 0 Å². The smallest absolute Gasteiger partial charge is 0.131 e. The second-order valence-corrected chi connectivity index (χ2v) is 17.5. The molecule has 0 radical (unpaired) electrons. The van der Waals surface area contributed by atoms with Crippen LogP contribution >= 0.6 is 15.8 Å². The van der Waals surface area contributed by atoms with E-state index in [9.17, 15) is 5.11 Å². The third kappa shape index (κ3) is 7.51. The normalized spacial score (nSPS) is 11.2. The van der Waals surface area contributed by atoms with Crippen LogP contribution in [0.25, 0.3) is 33.4 Å². The Morgan fingerprint density at radius 2 is 0.509 bits per heavy atom. The van der Waals surface area contributed by atoms with Crippen molar-refractivity contribution < 1.29 is 5.11 Å². The molecule has 1 nitrogen and oxygen atoms in total. The monoisotopic (exact) mass is 718 g/mol. The van der Waals surface area contributed by atoms with Gasteiger partial charge in [-0.1, -0.05) is 212 Å². The Morgan fingerprint density at radius 3 is 0.774 bits per heavy atom. The topological polar surface area (TPSA) is 20.2 Å². The largest absolute Gasteiger partial charge is 0.507 e. The van der Waals surface area contributed by atoms with Gasteiger partial charge in [-0.2, -0.15) is 0 Å². The first-order valence-corrected chi connectivity index (χ1v) is 21.1. The highest BCUT2D eigenvalue weighted by Crippen LogP contribution is 2.55. The van der Waals surface area contributed by atoms with E-state index in [0.717, 1.165) is 34.6 Å². The van der Waals surface area contributed by atoms with E-state index in [1.165, 1.54) is 43.5 Å². The van der Waals surface area contributed by atoms with Crippen LogP contribution < -0.4 is 21.2 Å². The van der Waals surface area contributed by atoms with Crippen molar-refractivity contribution in [2.75, 3.05) is 0 Å². The first-order valence-electron chi connectivity index (χ1n) is 18.1. The van der Waals surface area contributed by atoms with Crippen molar-refractivity contribution in [1.82, 2.24) is 0 Å². The van der Waals surface area contributed by atoms with Gasteiger partial charge in [-0.15, -0.1) is 0 Å². The van der Waals surface area contributed by atoms with Crippen LogP contribution in [0, 0.1) is 0 Å². The van der Waals surface area contributed by atoms with Crippen LogP contribution in [0.15, 0.2) is 212 Å². The molecule has 1 N–H and O–H groups in total. The van der Waals surface area contributed by atoms with Gasteiger partial charge in [0.1, 0.15) is 5.75 Å². The maximum atomic E-state index is 13.1. The minimum atomic E-state index is -0.843. The van der Waals surface area contributed by atoms with Crippen molar-refractivity contribution in [2.24, 2.45) is 0 Å². The first-order chi connectivity index (χ1) is 26.3. The van der Waals surface area contributed by atoms with Crippen molar-refractivity contribution >= 4 is 37.1 Å². The molecular formula is C50H40OP2. The van der Waals surface area contributed by atoms with E-state index < -0.39 is 15.8 Å². The number of hydrogen-bond donors (Lipinski definition) is 1. The Kier molecular flexibility index (Phi) is 10.7.